The molecule has 0 fully saturated rings. The normalized spacial score (nSPS) is 10.8. The van der Waals surface area contributed by atoms with Gasteiger partial charge in [0.15, 0.2) is 0 Å². The maximum Gasteiger partial charge on any atom is 0.257 e. The van der Waals surface area contributed by atoms with Crippen LogP contribution in [0.1, 0.15) is 21.5 Å². The summed E-state index contributed by atoms with van der Waals surface area (Å²) in [5, 5.41) is 3.49. The minimum atomic E-state index is -0.358. The Labute approximate surface area is 121 Å². The van der Waals surface area contributed by atoms with Crippen LogP contribution in [-0.2, 0) is 0 Å². The first-order valence-electron chi connectivity index (χ1n) is 6.70. The number of amides is 1. The molecule has 0 aliphatic carbocycles. The number of para-hydroxylation sites is 1. The molecule has 4 heteroatoms. The lowest BCUT2D eigenvalue weighted by atomic mass is 10.1. The summed E-state index contributed by atoms with van der Waals surface area (Å²) in [5.74, 6) is -0.604. The van der Waals surface area contributed by atoms with E-state index in [1.165, 1.54) is 12.1 Å². The van der Waals surface area contributed by atoms with Gasteiger partial charge in [-0.3, -0.25) is 4.79 Å². The Kier molecular flexibility index (Phi) is 3.22. The second kappa shape index (κ2) is 5.05. The van der Waals surface area contributed by atoms with E-state index in [9.17, 15) is 9.18 Å². The van der Waals surface area contributed by atoms with Crippen molar-refractivity contribution in [3.63, 3.8) is 0 Å². The molecule has 3 nitrogen and oxygen atoms in total. The Morgan fingerprint density at radius 3 is 2.57 bits per heavy atom. The number of halogens is 1. The van der Waals surface area contributed by atoms with Crippen LogP contribution in [-0.4, -0.2) is 10.9 Å². The molecule has 0 aliphatic rings. The predicted octanol–water partition coefficient (Wildman–Crippen LogP) is 4.18. The smallest absolute Gasteiger partial charge is 0.257 e. The monoisotopic (exact) mass is 282 g/mol. The van der Waals surface area contributed by atoms with Crippen molar-refractivity contribution in [2.24, 2.45) is 0 Å². The van der Waals surface area contributed by atoms with Crippen molar-refractivity contribution in [2.75, 3.05) is 5.32 Å². The number of benzene rings is 2. The third-order valence-corrected chi connectivity index (χ3v) is 3.61. The number of aromatic amines is 1. The van der Waals surface area contributed by atoms with Crippen LogP contribution in [0.15, 0.2) is 42.6 Å². The molecule has 3 aromatic rings. The number of nitrogens with one attached hydrogen (secondary N) is 2. The zero-order chi connectivity index (χ0) is 15.0. The molecule has 0 atom stereocenters. The predicted molar refractivity (Wildman–Crippen MR) is 82.1 cm³/mol. The molecule has 21 heavy (non-hydrogen) atoms. The summed E-state index contributed by atoms with van der Waals surface area (Å²) in [6.07, 6.45) is 1.60. The van der Waals surface area contributed by atoms with Gasteiger partial charge in [0.1, 0.15) is 5.82 Å². The van der Waals surface area contributed by atoms with E-state index in [1.54, 1.807) is 12.3 Å². The maximum atomic E-state index is 13.4. The molecule has 0 unspecified atom stereocenters. The van der Waals surface area contributed by atoms with Gasteiger partial charge in [0.25, 0.3) is 5.91 Å². The molecule has 1 aromatic heterocycles. The number of carbonyl (C=O) groups is 1. The number of anilines is 1. The van der Waals surface area contributed by atoms with Crippen molar-refractivity contribution >= 4 is 22.5 Å². The molecule has 0 bridgehead atoms. The van der Waals surface area contributed by atoms with E-state index in [0.29, 0.717) is 10.9 Å². The highest BCUT2D eigenvalue weighted by Gasteiger charge is 2.14. The number of fused-ring (bicyclic) bond motifs is 1. The summed E-state index contributed by atoms with van der Waals surface area (Å²) < 4.78 is 13.4. The van der Waals surface area contributed by atoms with E-state index in [1.807, 2.05) is 32.0 Å². The van der Waals surface area contributed by atoms with E-state index in [2.05, 4.69) is 10.3 Å². The van der Waals surface area contributed by atoms with Crippen molar-refractivity contribution in [2.45, 2.75) is 13.8 Å². The highest BCUT2D eigenvalue weighted by Crippen LogP contribution is 2.23. The van der Waals surface area contributed by atoms with Crippen LogP contribution >= 0.6 is 0 Å². The molecular formula is C17H15FN2O. The topological polar surface area (TPSA) is 44.9 Å². The number of hydrogen-bond acceptors (Lipinski definition) is 1. The standard InChI is InChI=1S/C17H15FN2O/c1-10-4-3-5-11(2)16(10)20-17(21)14-9-19-15-7-6-12(18)8-13(14)15/h3-9,19H,1-2H3,(H,20,21). The van der Waals surface area contributed by atoms with E-state index >= 15 is 0 Å². The lowest BCUT2D eigenvalue weighted by Gasteiger charge is -2.11. The van der Waals surface area contributed by atoms with Gasteiger partial charge >= 0.3 is 0 Å². The molecule has 1 heterocycles. The fourth-order valence-corrected chi connectivity index (χ4v) is 2.47. The largest absolute Gasteiger partial charge is 0.360 e. The summed E-state index contributed by atoms with van der Waals surface area (Å²) in [4.78, 5) is 15.4. The number of carbonyl (C=O) groups excluding carboxylic acids is 1. The van der Waals surface area contributed by atoms with E-state index in [0.717, 1.165) is 22.3 Å². The average Bonchev–Trinajstić information content (AvgIpc) is 2.86. The minimum absolute atomic E-state index is 0.246. The van der Waals surface area contributed by atoms with Gasteiger partial charge in [0, 0.05) is 22.8 Å². The SMILES string of the molecule is Cc1cccc(C)c1NC(=O)c1c[nH]c2ccc(F)cc12. The summed E-state index contributed by atoms with van der Waals surface area (Å²) in [6.45, 7) is 3.88. The molecule has 0 radical (unpaired) electrons. The second-order valence-electron chi connectivity index (χ2n) is 5.11. The lowest BCUT2D eigenvalue weighted by molar-refractivity contribution is 0.102. The number of aromatic nitrogens is 1. The Hall–Kier alpha value is -2.62. The number of aryl methyl sites for hydroxylation is 2. The van der Waals surface area contributed by atoms with Crippen LogP contribution in [0, 0.1) is 19.7 Å². The number of hydrogen-bond donors (Lipinski definition) is 2. The number of H-pyrrole nitrogens is 1. The summed E-state index contributed by atoms with van der Waals surface area (Å²) in [5.41, 5.74) is 3.97. The van der Waals surface area contributed by atoms with Crippen LogP contribution in [0.25, 0.3) is 10.9 Å². The van der Waals surface area contributed by atoms with E-state index in [4.69, 9.17) is 0 Å². The first kappa shape index (κ1) is 13.4. The lowest BCUT2D eigenvalue weighted by Crippen LogP contribution is -2.13. The van der Waals surface area contributed by atoms with Crippen LogP contribution in [0.3, 0.4) is 0 Å². The first-order chi connectivity index (χ1) is 10.1. The third kappa shape index (κ3) is 2.40. The maximum absolute atomic E-state index is 13.4. The molecule has 2 aromatic carbocycles. The molecule has 0 saturated carbocycles. The average molecular weight is 282 g/mol. The van der Waals surface area contributed by atoms with Gasteiger partial charge in [-0.2, -0.15) is 0 Å². The number of rotatable bonds is 2. The molecule has 0 spiro atoms. The van der Waals surface area contributed by atoms with E-state index in [-0.39, 0.29) is 11.7 Å². The third-order valence-electron chi connectivity index (χ3n) is 3.61. The minimum Gasteiger partial charge on any atom is -0.360 e. The van der Waals surface area contributed by atoms with Crippen molar-refractivity contribution in [1.82, 2.24) is 4.98 Å². The zero-order valence-corrected chi connectivity index (χ0v) is 11.8. The molecule has 1 amide bonds. The Morgan fingerprint density at radius 1 is 1.14 bits per heavy atom. The molecule has 0 saturated heterocycles. The molecule has 0 aliphatic heterocycles. The summed E-state index contributed by atoms with van der Waals surface area (Å²) in [7, 11) is 0. The van der Waals surface area contributed by atoms with Crippen LogP contribution in [0.5, 0.6) is 0 Å². The summed E-state index contributed by atoms with van der Waals surface area (Å²) in [6, 6.07) is 10.2. The van der Waals surface area contributed by atoms with Crippen molar-refractivity contribution in [3.05, 3.63) is 65.1 Å². The summed E-state index contributed by atoms with van der Waals surface area (Å²) >= 11 is 0. The fourth-order valence-electron chi connectivity index (χ4n) is 2.47. The van der Waals surface area contributed by atoms with Gasteiger partial charge in [-0.05, 0) is 43.2 Å². The second-order valence-corrected chi connectivity index (χ2v) is 5.11. The van der Waals surface area contributed by atoms with Gasteiger partial charge in [0.05, 0.1) is 5.56 Å². The van der Waals surface area contributed by atoms with Crippen LogP contribution in [0.4, 0.5) is 10.1 Å². The zero-order valence-electron chi connectivity index (χ0n) is 11.8. The Bertz CT molecular complexity index is 816. The van der Waals surface area contributed by atoms with Crippen molar-refractivity contribution in [3.8, 4) is 0 Å². The van der Waals surface area contributed by atoms with Gasteiger partial charge in [-0.15, -0.1) is 0 Å². The Morgan fingerprint density at radius 2 is 1.86 bits per heavy atom. The van der Waals surface area contributed by atoms with Gasteiger partial charge < -0.3 is 10.3 Å². The molecule has 2 N–H and O–H groups in total. The highest BCUT2D eigenvalue weighted by molar-refractivity contribution is 6.13. The van der Waals surface area contributed by atoms with Gasteiger partial charge in [0.2, 0.25) is 0 Å². The molecular weight excluding hydrogens is 267 g/mol. The van der Waals surface area contributed by atoms with Crippen LogP contribution in [0.2, 0.25) is 0 Å². The fraction of sp³-hybridized carbons (Fsp3) is 0.118. The Balaban J connectivity index is 2.00. The first-order valence-corrected chi connectivity index (χ1v) is 6.70. The molecule has 106 valence electrons. The van der Waals surface area contributed by atoms with Crippen molar-refractivity contribution in [1.29, 1.82) is 0 Å². The van der Waals surface area contributed by atoms with Gasteiger partial charge in [-0.1, -0.05) is 18.2 Å². The van der Waals surface area contributed by atoms with Crippen molar-refractivity contribution < 1.29 is 9.18 Å². The van der Waals surface area contributed by atoms with E-state index < -0.39 is 0 Å². The molecule has 3 rings (SSSR count). The van der Waals surface area contributed by atoms with Crippen LogP contribution < -0.4 is 5.32 Å². The quantitative estimate of drug-likeness (QED) is 0.727. The van der Waals surface area contributed by atoms with Gasteiger partial charge in [-0.25, -0.2) is 4.39 Å². The highest BCUT2D eigenvalue weighted by atomic mass is 19.1.